The molecule has 8 nitrogen and oxygen atoms in total. The second-order valence-corrected chi connectivity index (χ2v) is 7.48. The third kappa shape index (κ3) is 5.60. The number of pyridine rings is 1. The Hall–Kier alpha value is -4.51. The summed E-state index contributed by atoms with van der Waals surface area (Å²) in [5.41, 5.74) is 4.33. The molecule has 0 saturated carbocycles. The van der Waals surface area contributed by atoms with Crippen molar-refractivity contribution >= 4 is 17.8 Å². The molecular weight excluding hydrogens is 414 g/mol. The standard InChI is InChI=1S/C25H23N7O/c1-19-15-23(32(29-19)14-6-12-26)28-24(33)11-10-22-18-31(17-20-7-3-2-4-8-20)30-25(22)21-9-5-13-27-16-21/h2-5,7-11,13,15-16,18H,6,14,17H2,1H3,(H,28,33)/b11-10+. The molecule has 3 heterocycles. The summed E-state index contributed by atoms with van der Waals surface area (Å²) in [6.45, 7) is 2.88. The molecule has 0 aliphatic heterocycles. The van der Waals surface area contributed by atoms with Crippen LogP contribution >= 0.6 is 0 Å². The highest BCUT2D eigenvalue weighted by atomic mass is 16.1. The molecule has 0 fully saturated rings. The average Bonchev–Trinajstić information content (AvgIpc) is 3.39. The van der Waals surface area contributed by atoms with Gasteiger partial charge in [0.25, 0.3) is 0 Å². The molecule has 0 aliphatic rings. The molecule has 0 unspecified atom stereocenters. The Bertz CT molecular complexity index is 1300. The molecule has 0 atom stereocenters. The van der Waals surface area contributed by atoms with Gasteiger partial charge in [0.1, 0.15) is 11.5 Å². The summed E-state index contributed by atoms with van der Waals surface area (Å²) in [5, 5.41) is 20.7. The van der Waals surface area contributed by atoms with Gasteiger partial charge in [0.2, 0.25) is 5.91 Å². The number of aromatic nitrogens is 5. The predicted molar refractivity (Wildman–Crippen MR) is 126 cm³/mol. The van der Waals surface area contributed by atoms with Crippen molar-refractivity contribution in [2.45, 2.75) is 26.4 Å². The van der Waals surface area contributed by atoms with Crippen LogP contribution in [-0.2, 0) is 17.9 Å². The number of benzene rings is 1. The number of anilines is 1. The van der Waals surface area contributed by atoms with Crippen molar-refractivity contribution in [3.8, 4) is 17.3 Å². The molecule has 33 heavy (non-hydrogen) atoms. The molecule has 0 radical (unpaired) electrons. The monoisotopic (exact) mass is 437 g/mol. The Balaban J connectivity index is 1.56. The van der Waals surface area contributed by atoms with Gasteiger partial charge < -0.3 is 5.32 Å². The number of carbonyl (C=O) groups excluding carboxylic acids is 1. The molecule has 0 aliphatic carbocycles. The zero-order valence-corrected chi connectivity index (χ0v) is 18.2. The van der Waals surface area contributed by atoms with E-state index < -0.39 is 0 Å². The van der Waals surface area contributed by atoms with Gasteiger partial charge in [-0.25, -0.2) is 4.68 Å². The maximum atomic E-state index is 12.6. The summed E-state index contributed by atoms with van der Waals surface area (Å²) in [6, 6.07) is 17.7. The number of carbonyl (C=O) groups is 1. The van der Waals surface area contributed by atoms with E-state index in [-0.39, 0.29) is 5.91 Å². The van der Waals surface area contributed by atoms with Crippen LogP contribution in [0.25, 0.3) is 17.3 Å². The molecule has 0 bridgehead atoms. The number of hydrogen-bond donors (Lipinski definition) is 1. The zero-order valence-electron chi connectivity index (χ0n) is 18.2. The van der Waals surface area contributed by atoms with Gasteiger partial charge in [0.15, 0.2) is 0 Å². The normalized spacial score (nSPS) is 10.9. The summed E-state index contributed by atoms with van der Waals surface area (Å²) in [4.78, 5) is 16.8. The van der Waals surface area contributed by atoms with Gasteiger partial charge in [-0.15, -0.1) is 0 Å². The molecule has 0 spiro atoms. The van der Waals surface area contributed by atoms with E-state index in [1.54, 1.807) is 29.2 Å². The first kappa shape index (κ1) is 21.7. The van der Waals surface area contributed by atoms with Crippen LogP contribution in [0.1, 0.15) is 23.2 Å². The van der Waals surface area contributed by atoms with Gasteiger partial charge >= 0.3 is 0 Å². The van der Waals surface area contributed by atoms with Crippen molar-refractivity contribution in [3.05, 3.63) is 90.0 Å². The zero-order chi connectivity index (χ0) is 23.0. The second-order valence-electron chi connectivity index (χ2n) is 7.48. The minimum Gasteiger partial charge on any atom is -0.307 e. The highest BCUT2D eigenvalue weighted by Crippen LogP contribution is 2.23. The first-order chi connectivity index (χ1) is 16.1. The van der Waals surface area contributed by atoms with E-state index in [9.17, 15) is 4.79 Å². The third-order valence-electron chi connectivity index (χ3n) is 4.92. The Labute approximate surface area is 191 Å². The van der Waals surface area contributed by atoms with Gasteiger partial charge in [0, 0.05) is 41.9 Å². The number of nitriles is 1. The first-order valence-electron chi connectivity index (χ1n) is 10.5. The number of amides is 1. The average molecular weight is 438 g/mol. The highest BCUT2D eigenvalue weighted by molar-refractivity contribution is 6.01. The van der Waals surface area contributed by atoms with E-state index in [2.05, 4.69) is 21.5 Å². The van der Waals surface area contributed by atoms with Crippen LogP contribution in [0.3, 0.4) is 0 Å². The van der Waals surface area contributed by atoms with Crippen LogP contribution in [0, 0.1) is 18.3 Å². The van der Waals surface area contributed by atoms with Gasteiger partial charge in [-0.3, -0.25) is 14.5 Å². The van der Waals surface area contributed by atoms with E-state index in [4.69, 9.17) is 10.4 Å². The summed E-state index contributed by atoms with van der Waals surface area (Å²) in [5.74, 6) is 0.269. The maximum absolute atomic E-state index is 12.6. The lowest BCUT2D eigenvalue weighted by Crippen LogP contribution is -2.13. The van der Waals surface area contributed by atoms with Gasteiger partial charge in [0.05, 0.1) is 31.3 Å². The lowest BCUT2D eigenvalue weighted by Gasteiger charge is -2.05. The molecule has 3 aromatic heterocycles. The SMILES string of the molecule is Cc1cc(NC(=O)/C=C/c2cn(Cc3ccccc3)nc2-c2cccnc2)n(CCC#N)n1. The number of rotatable bonds is 8. The minimum absolute atomic E-state index is 0.291. The van der Waals surface area contributed by atoms with Crippen molar-refractivity contribution in [1.29, 1.82) is 5.26 Å². The predicted octanol–water partition coefficient (Wildman–Crippen LogP) is 4.06. The summed E-state index contributed by atoms with van der Waals surface area (Å²) < 4.78 is 3.48. The van der Waals surface area contributed by atoms with Crippen molar-refractivity contribution in [2.24, 2.45) is 0 Å². The van der Waals surface area contributed by atoms with E-state index in [1.807, 2.05) is 60.3 Å². The molecule has 1 aromatic carbocycles. The number of nitrogens with one attached hydrogen (secondary N) is 1. The van der Waals surface area contributed by atoms with E-state index >= 15 is 0 Å². The molecule has 4 rings (SSSR count). The van der Waals surface area contributed by atoms with Gasteiger partial charge in [-0.05, 0) is 30.7 Å². The number of nitrogens with zero attached hydrogens (tertiary/aromatic N) is 6. The van der Waals surface area contributed by atoms with Crippen LogP contribution in [0.5, 0.6) is 0 Å². The van der Waals surface area contributed by atoms with Crippen molar-refractivity contribution in [2.75, 3.05) is 5.32 Å². The fraction of sp³-hybridized carbons (Fsp3) is 0.160. The molecule has 1 amide bonds. The first-order valence-corrected chi connectivity index (χ1v) is 10.5. The molecule has 164 valence electrons. The largest absolute Gasteiger partial charge is 0.307 e. The van der Waals surface area contributed by atoms with Crippen LogP contribution in [-0.4, -0.2) is 30.5 Å². The molecule has 8 heteroatoms. The summed E-state index contributed by atoms with van der Waals surface area (Å²) >= 11 is 0. The van der Waals surface area contributed by atoms with Crippen molar-refractivity contribution < 1.29 is 4.79 Å². The molecular formula is C25H23N7O. The fourth-order valence-electron chi connectivity index (χ4n) is 3.44. The lowest BCUT2D eigenvalue weighted by molar-refractivity contribution is -0.111. The minimum atomic E-state index is -0.291. The topological polar surface area (TPSA) is 101 Å². The van der Waals surface area contributed by atoms with Gasteiger partial charge in [-0.2, -0.15) is 15.5 Å². The Morgan fingerprint density at radius 2 is 2.03 bits per heavy atom. The Morgan fingerprint density at radius 3 is 2.79 bits per heavy atom. The lowest BCUT2D eigenvalue weighted by atomic mass is 10.1. The van der Waals surface area contributed by atoms with E-state index in [0.29, 0.717) is 25.3 Å². The van der Waals surface area contributed by atoms with E-state index in [0.717, 1.165) is 28.1 Å². The van der Waals surface area contributed by atoms with Crippen LogP contribution < -0.4 is 5.32 Å². The third-order valence-corrected chi connectivity index (χ3v) is 4.92. The van der Waals surface area contributed by atoms with Crippen LogP contribution in [0.4, 0.5) is 5.82 Å². The number of aryl methyl sites for hydroxylation is 2. The fourth-order valence-corrected chi connectivity index (χ4v) is 3.44. The molecule has 0 saturated heterocycles. The summed E-state index contributed by atoms with van der Waals surface area (Å²) in [7, 11) is 0. The van der Waals surface area contributed by atoms with Crippen molar-refractivity contribution in [3.63, 3.8) is 0 Å². The van der Waals surface area contributed by atoms with Crippen molar-refractivity contribution in [1.82, 2.24) is 24.5 Å². The van der Waals surface area contributed by atoms with E-state index in [1.165, 1.54) is 6.08 Å². The second kappa shape index (κ2) is 10.2. The summed E-state index contributed by atoms with van der Waals surface area (Å²) in [6.07, 6.45) is 8.92. The highest BCUT2D eigenvalue weighted by Gasteiger charge is 2.12. The maximum Gasteiger partial charge on any atom is 0.249 e. The van der Waals surface area contributed by atoms with Gasteiger partial charge in [-0.1, -0.05) is 30.3 Å². The number of hydrogen-bond acceptors (Lipinski definition) is 5. The molecule has 4 aromatic rings. The quantitative estimate of drug-likeness (QED) is 0.419. The Kier molecular flexibility index (Phi) is 6.71. The van der Waals surface area contributed by atoms with Crippen LogP contribution in [0.15, 0.2) is 73.2 Å². The molecule has 1 N–H and O–H groups in total. The van der Waals surface area contributed by atoms with Crippen LogP contribution in [0.2, 0.25) is 0 Å². The Morgan fingerprint density at radius 1 is 1.18 bits per heavy atom. The smallest absolute Gasteiger partial charge is 0.249 e.